The van der Waals surface area contributed by atoms with E-state index in [0.717, 1.165) is 30.5 Å². The Labute approximate surface area is 189 Å². The van der Waals surface area contributed by atoms with Gasteiger partial charge in [-0.15, -0.1) is 0 Å². The lowest BCUT2D eigenvalue weighted by Crippen LogP contribution is -2.58. The number of anilines is 2. The van der Waals surface area contributed by atoms with Crippen molar-refractivity contribution in [2.45, 2.75) is 49.0 Å². The second-order valence-electron chi connectivity index (χ2n) is 9.36. The zero-order valence-corrected chi connectivity index (χ0v) is 18.6. The summed E-state index contributed by atoms with van der Waals surface area (Å²) in [7, 11) is -1.14. The maximum atomic E-state index is 13.3. The standard InChI is InChI=1S/C23H26FN5O2S/c24-17-4-2-16(3-5-17)12-22(9-10-25)13-29(14-22)21-26-18-6-11-32(31)19(18)20(27-21)28-23(15-30)7-1-8-23/h2-5,30H,1,6-9,11-15H2,(H,26,27,28)/t32-/m1/s1. The van der Waals surface area contributed by atoms with E-state index in [9.17, 15) is 19.0 Å². The third-order valence-corrected chi connectivity index (χ3v) is 8.41. The van der Waals surface area contributed by atoms with Gasteiger partial charge in [0.05, 0.1) is 34.7 Å². The highest BCUT2D eigenvalue weighted by Crippen LogP contribution is 2.42. The Morgan fingerprint density at radius 2 is 2.00 bits per heavy atom. The molecule has 2 N–H and O–H groups in total. The molecule has 0 spiro atoms. The molecule has 1 atom stereocenters. The van der Waals surface area contributed by atoms with Crippen LogP contribution in [0.2, 0.25) is 0 Å². The van der Waals surface area contributed by atoms with E-state index in [-0.39, 0.29) is 17.8 Å². The molecule has 2 fully saturated rings. The first kappa shape index (κ1) is 21.3. The normalized spacial score (nSPS) is 22.4. The maximum Gasteiger partial charge on any atom is 0.227 e. The Morgan fingerprint density at radius 1 is 1.25 bits per heavy atom. The van der Waals surface area contributed by atoms with Gasteiger partial charge in [-0.1, -0.05) is 12.1 Å². The second kappa shape index (κ2) is 8.09. The number of benzene rings is 1. The molecular weight excluding hydrogens is 429 g/mol. The fourth-order valence-corrected chi connectivity index (χ4v) is 6.29. The van der Waals surface area contributed by atoms with Gasteiger partial charge in [-0.3, -0.25) is 4.21 Å². The summed E-state index contributed by atoms with van der Waals surface area (Å²) in [5.41, 5.74) is 1.18. The van der Waals surface area contributed by atoms with Gasteiger partial charge in [-0.25, -0.2) is 9.37 Å². The molecule has 0 unspecified atom stereocenters. The van der Waals surface area contributed by atoms with Crippen molar-refractivity contribution in [2.75, 3.05) is 35.7 Å². The van der Waals surface area contributed by atoms with Crippen LogP contribution in [-0.4, -0.2) is 50.3 Å². The highest BCUT2D eigenvalue weighted by atomic mass is 32.2. The van der Waals surface area contributed by atoms with Gasteiger partial charge in [0.25, 0.3) is 0 Å². The molecule has 1 saturated heterocycles. The number of aryl methyl sites for hydroxylation is 1. The van der Waals surface area contributed by atoms with E-state index in [1.54, 1.807) is 12.1 Å². The summed E-state index contributed by atoms with van der Waals surface area (Å²) >= 11 is 0. The summed E-state index contributed by atoms with van der Waals surface area (Å²) in [5, 5.41) is 22.7. The molecule has 0 bridgehead atoms. The first-order chi connectivity index (χ1) is 15.4. The number of aliphatic hydroxyl groups is 1. The molecule has 1 saturated carbocycles. The van der Waals surface area contributed by atoms with Crippen molar-refractivity contribution in [3.8, 4) is 6.07 Å². The lowest BCUT2D eigenvalue weighted by atomic mass is 9.72. The third-order valence-electron chi connectivity index (χ3n) is 6.95. The van der Waals surface area contributed by atoms with Crippen LogP contribution < -0.4 is 10.2 Å². The van der Waals surface area contributed by atoms with Crippen LogP contribution in [-0.2, 0) is 23.6 Å². The zero-order valence-electron chi connectivity index (χ0n) is 17.8. The van der Waals surface area contributed by atoms with Gasteiger partial charge in [-0.2, -0.15) is 10.2 Å². The van der Waals surface area contributed by atoms with Gasteiger partial charge >= 0.3 is 0 Å². The van der Waals surface area contributed by atoms with Crippen LogP contribution in [0.5, 0.6) is 0 Å². The maximum absolute atomic E-state index is 13.3. The fraction of sp³-hybridized carbons (Fsp3) is 0.522. The number of halogens is 1. The number of nitrogens with one attached hydrogen (secondary N) is 1. The number of fused-ring (bicyclic) bond motifs is 1. The van der Waals surface area contributed by atoms with Crippen molar-refractivity contribution in [3.63, 3.8) is 0 Å². The molecule has 3 aliphatic rings. The Hall–Kier alpha value is -2.57. The molecule has 9 heteroatoms. The lowest BCUT2D eigenvalue weighted by Gasteiger charge is -2.49. The van der Waals surface area contributed by atoms with Gasteiger partial charge in [0.15, 0.2) is 0 Å². The van der Waals surface area contributed by atoms with Crippen LogP contribution in [0.3, 0.4) is 0 Å². The molecule has 1 aromatic heterocycles. The Morgan fingerprint density at radius 3 is 2.62 bits per heavy atom. The van der Waals surface area contributed by atoms with Crippen molar-refractivity contribution >= 4 is 22.6 Å². The summed E-state index contributed by atoms with van der Waals surface area (Å²) < 4.78 is 25.9. The van der Waals surface area contributed by atoms with Crippen molar-refractivity contribution in [3.05, 3.63) is 41.3 Å². The van der Waals surface area contributed by atoms with Crippen molar-refractivity contribution in [2.24, 2.45) is 5.41 Å². The fourth-order valence-electron chi connectivity index (χ4n) is 4.98. The molecule has 7 nitrogen and oxygen atoms in total. The van der Waals surface area contributed by atoms with Gasteiger partial charge < -0.3 is 15.3 Å². The molecule has 2 aromatic rings. The Bertz CT molecular complexity index is 1090. The average Bonchev–Trinajstić information content (AvgIpc) is 3.11. The number of nitriles is 1. The minimum Gasteiger partial charge on any atom is -0.394 e. The molecule has 1 aliphatic carbocycles. The van der Waals surface area contributed by atoms with Gasteiger partial charge in [-0.05, 0) is 43.4 Å². The van der Waals surface area contributed by atoms with E-state index < -0.39 is 16.3 Å². The van der Waals surface area contributed by atoms with Crippen molar-refractivity contribution in [1.29, 1.82) is 5.26 Å². The van der Waals surface area contributed by atoms with E-state index in [1.165, 1.54) is 12.1 Å². The highest BCUT2D eigenvalue weighted by Gasteiger charge is 2.45. The minimum atomic E-state index is -1.14. The highest BCUT2D eigenvalue weighted by molar-refractivity contribution is 7.85. The van der Waals surface area contributed by atoms with Crippen LogP contribution in [0.1, 0.15) is 36.9 Å². The Balaban J connectivity index is 1.39. The summed E-state index contributed by atoms with van der Waals surface area (Å²) in [6, 6.07) is 8.75. The molecule has 168 valence electrons. The van der Waals surface area contributed by atoms with E-state index in [4.69, 9.17) is 9.97 Å². The van der Waals surface area contributed by atoms with Crippen LogP contribution in [0.4, 0.5) is 16.2 Å². The van der Waals surface area contributed by atoms with Crippen molar-refractivity contribution in [1.82, 2.24) is 9.97 Å². The summed E-state index contributed by atoms with van der Waals surface area (Å²) in [5.74, 6) is 1.42. The molecule has 1 aromatic carbocycles. The molecule has 0 amide bonds. The van der Waals surface area contributed by atoms with Crippen LogP contribution in [0.25, 0.3) is 0 Å². The number of nitrogens with zero attached hydrogens (tertiary/aromatic N) is 4. The minimum absolute atomic E-state index is 0.0143. The van der Waals surface area contributed by atoms with E-state index >= 15 is 0 Å². The molecule has 0 radical (unpaired) electrons. The average molecular weight is 456 g/mol. The van der Waals surface area contributed by atoms with Gasteiger partial charge in [0.1, 0.15) is 16.5 Å². The van der Waals surface area contributed by atoms with Gasteiger partial charge in [0.2, 0.25) is 5.95 Å². The summed E-state index contributed by atoms with van der Waals surface area (Å²) in [6.07, 6.45) is 4.49. The quantitative estimate of drug-likeness (QED) is 0.662. The number of aromatic nitrogens is 2. The monoisotopic (exact) mass is 455 g/mol. The first-order valence-electron chi connectivity index (χ1n) is 11.0. The largest absolute Gasteiger partial charge is 0.394 e. The zero-order chi connectivity index (χ0) is 22.3. The van der Waals surface area contributed by atoms with Crippen LogP contribution >= 0.6 is 0 Å². The molecule has 32 heavy (non-hydrogen) atoms. The predicted octanol–water partition coefficient (Wildman–Crippen LogP) is 2.57. The smallest absolute Gasteiger partial charge is 0.227 e. The number of aliphatic hydroxyl groups excluding tert-OH is 1. The molecule has 5 rings (SSSR count). The van der Waals surface area contributed by atoms with E-state index in [1.807, 2.05) is 0 Å². The molecular formula is C23H26FN5O2S. The van der Waals surface area contributed by atoms with Crippen LogP contribution in [0, 0.1) is 22.6 Å². The van der Waals surface area contributed by atoms with E-state index in [2.05, 4.69) is 16.3 Å². The summed E-state index contributed by atoms with van der Waals surface area (Å²) in [6.45, 7) is 1.27. The molecule has 2 aliphatic heterocycles. The Kier molecular flexibility index (Phi) is 5.38. The topological polar surface area (TPSA) is 102 Å². The lowest BCUT2D eigenvalue weighted by molar-refractivity contribution is 0.143. The summed E-state index contributed by atoms with van der Waals surface area (Å²) in [4.78, 5) is 12.2. The molecule has 3 heterocycles. The number of hydrogen-bond acceptors (Lipinski definition) is 7. The predicted molar refractivity (Wildman–Crippen MR) is 119 cm³/mol. The first-order valence-corrected chi connectivity index (χ1v) is 12.3. The third kappa shape index (κ3) is 3.76. The second-order valence-corrected chi connectivity index (χ2v) is 10.9. The van der Waals surface area contributed by atoms with Crippen molar-refractivity contribution < 1.29 is 13.7 Å². The van der Waals surface area contributed by atoms with E-state index in [0.29, 0.717) is 54.8 Å². The van der Waals surface area contributed by atoms with Gasteiger partial charge in [0, 0.05) is 37.1 Å². The SMILES string of the molecule is N#CCC1(Cc2ccc(F)cc2)CN(c2nc3c(c(NC4(CO)CCC4)n2)[S@](=O)CC3)C1. The number of rotatable bonds is 7. The number of hydrogen-bond donors (Lipinski definition) is 2. The van der Waals surface area contributed by atoms with Crippen LogP contribution in [0.15, 0.2) is 29.2 Å².